The normalized spacial score (nSPS) is 46.2. The van der Waals surface area contributed by atoms with Crippen molar-refractivity contribution < 1.29 is 23.9 Å². The number of carbonyl (C=O) groups is 2. The van der Waals surface area contributed by atoms with Gasteiger partial charge in [0.2, 0.25) is 0 Å². The van der Waals surface area contributed by atoms with E-state index in [0.29, 0.717) is 11.8 Å². The highest BCUT2D eigenvalue weighted by Crippen LogP contribution is 2.73. The van der Waals surface area contributed by atoms with Gasteiger partial charge in [-0.25, -0.2) is 0 Å². The molecule has 0 amide bonds. The third-order valence-electron chi connectivity index (χ3n) is 12.0. The Labute approximate surface area is 216 Å². The average molecular weight is 506 g/mol. The quantitative estimate of drug-likeness (QED) is 0.237. The highest BCUT2D eigenvalue weighted by molar-refractivity contribution is 5.66. The molecule has 0 N–H and O–H groups in total. The predicted octanol–water partition coefficient (Wildman–Crippen LogP) is 6.62. The fourth-order valence-corrected chi connectivity index (χ4v) is 10.5. The first-order valence-corrected chi connectivity index (χ1v) is 14.1. The predicted molar refractivity (Wildman–Crippen MR) is 136 cm³/mol. The molecule has 0 heterocycles. The van der Waals surface area contributed by atoms with Gasteiger partial charge in [-0.2, -0.15) is 0 Å². The molecule has 0 bridgehead atoms. The summed E-state index contributed by atoms with van der Waals surface area (Å²) in [7, 11) is 0. The molecule has 0 aromatic rings. The molecule has 0 aromatic carbocycles. The monoisotopic (exact) mass is 505 g/mol. The van der Waals surface area contributed by atoms with Gasteiger partial charge in [-0.05, 0) is 80.0 Å². The summed E-state index contributed by atoms with van der Waals surface area (Å²) in [5, 5.41) is 3.01. The fraction of sp³-hybridized carbons (Fsp3) is 0.931. The Bertz CT molecular complexity index is 889. The first-order chi connectivity index (χ1) is 16.7. The van der Waals surface area contributed by atoms with Crippen molar-refractivity contribution in [3.8, 4) is 0 Å². The molecule has 4 rings (SSSR count). The summed E-state index contributed by atoms with van der Waals surface area (Å²) >= 11 is 0. The molecule has 204 valence electrons. The molecule has 0 radical (unpaired) electrons. The van der Waals surface area contributed by atoms with Gasteiger partial charge in [-0.3, -0.25) is 9.59 Å². The number of hydrogen-bond acceptors (Lipinski definition) is 7. The van der Waals surface area contributed by atoms with E-state index in [9.17, 15) is 14.5 Å². The fourth-order valence-electron chi connectivity index (χ4n) is 10.5. The molecule has 10 atom stereocenters. The third-order valence-corrected chi connectivity index (χ3v) is 12.0. The minimum atomic E-state index is -0.274. The SMILES string of the molecule is CC(=O)OC(C)C1CCC[C@@]2(C)C3CCC4C(C)(C)[C@@H](OC(C)=O)CC[C@]4(C)C3C(ON=O)C[C@]12C. The van der Waals surface area contributed by atoms with Crippen LogP contribution in [0.3, 0.4) is 0 Å². The van der Waals surface area contributed by atoms with E-state index < -0.39 is 0 Å². The first-order valence-electron chi connectivity index (χ1n) is 14.1. The van der Waals surface area contributed by atoms with Crippen LogP contribution >= 0.6 is 0 Å². The van der Waals surface area contributed by atoms with Gasteiger partial charge in [0.1, 0.15) is 18.3 Å². The number of carbonyl (C=O) groups excluding carboxylic acids is 2. The highest BCUT2D eigenvalue weighted by Gasteiger charge is 2.70. The Morgan fingerprint density at radius 3 is 2.22 bits per heavy atom. The lowest BCUT2D eigenvalue weighted by Gasteiger charge is -2.71. The number of fused-ring (bicyclic) bond motifs is 5. The van der Waals surface area contributed by atoms with Crippen molar-refractivity contribution in [2.75, 3.05) is 0 Å². The van der Waals surface area contributed by atoms with E-state index in [2.05, 4.69) is 40.0 Å². The summed E-state index contributed by atoms with van der Waals surface area (Å²) in [6.45, 7) is 16.7. The van der Waals surface area contributed by atoms with Crippen molar-refractivity contribution in [1.82, 2.24) is 0 Å². The Morgan fingerprint density at radius 1 is 0.917 bits per heavy atom. The lowest BCUT2D eigenvalue weighted by molar-refractivity contribution is -0.269. The van der Waals surface area contributed by atoms with Crippen molar-refractivity contribution in [2.24, 2.45) is 50.7 Å². The third kappa shape index (κ3) is 3.98. The molecule has 36 heavy (non-hydrogen) atoms. The van der Waals surface area contributed by atoms with Crippen molar-refractivity contribution in [1.29, 1.82) is 0 Å². The Morgan fingerprint density at radius 2 is 1.61 bits per heavy atom. The first kappa shape index (κ1) is 27.4. The number of ether oxygens (including phenoxy) is 2. The zero-order valence-corrected chi connectivity index (χ0v) is 23.6. The van der Waals surface area contributed by atoms with Crippen LogP contribution in [0, 0.1) is 50.2 Å². The lowest BCUT2D eigenvalue weighted by Crippen LogP contribution is -2.68. The molecular formula is C29H47NO6. The number of hydrogen-bond donors (Lipinski definition) is 0. The van der Waals surface area contributed by atoms with Crippen LogP contribution < -0.4 is 0 Å². The Hall–Kier alpha value is -1.66. The summed E-state index contributed by atoms with van der Waals surface area (Å²) in [5.74, 6) is 0.696. The van der Waals surface area contributed by atoms with Crippen LogP contribution in [0.2, 0.25) is 0 Å². The minimum absolute atomic E-state index is 0.0442. The standard InChI is InChI=1S/C29H47NO6/c1-17(34-18(2)31)20-10-9-14-28(7)21-11-12-23-26(4,5)24(35-19(3)32)13-15-27(23,6)25(21)22(36-30-33)16-29(20,28)8/h17,20-25H,9-16H2,1-8H3/t17?,20?,21?,22?,23?,24-,25?,27-,28-,29+/m0/s1. The second-order valence-electron chi connectivity index (χ2n) is 13.8. The maximum Gasteiger partial charge on any atom is 0.302 e. The largest absolute Gasteiger partial charge is 0.463 e. The van der Waals surface area contributed by atoms with Crippen molar-refractivity contribution in [2.45, 2.75) is 125 Å². The Balaban J connectivity index is 1.74. The van der Waals surface area contributed by atoms with Gasteiger partial charge in [0, 0.05) is 31.1 Å². The highest BCUT2D eigenvalue weighted by atomic mass is 16.7. The van der Waals surface area contributed by atoms with Gasteiger partial charge in [-0.1, -0.05) is 41.0 Å². The zero-order chi connectivity index (χ0) is 26.7. The molecule has 4 aliphatic carbocycles. The van der Waals surface area contributed by atoms with E-state index in [4.69, 9.17) is 14.3 Å². The van der Waals surface area contributed by atoms with Crippen LogP contribution in [0.25, 0.3) is 0 Å². The second kappa shape index (κ2) is 9.27. The maximum absolute atomic E-state index is 11.9. The van der Waals surface area contributed by atoms with Crippen LogP contribution in [0.15, 0.2) is 5.34 Å². The van der Waals surface area contributed by atoms with E-state index in [0.717, 1.165) is 51.4 Å². The van der Waals surface area contributed by atoms with Crippen LogP contribution in [-0.4, -0.2) is 30.3 Å². The van der Waals surface area contributed by atoms with E-state index in [-0.39, 0.29) is 63.7 Å². The molecule has 0 saturated heterocycles. The molecule has 0 aliphatic heterocycles. The summed E-state index contributed by atoms with van der Waals surface area (Å²) in [6.07, 6.45) is 7.34. The number of rotatable bonds is 5. The van der Waals surface area contributed by atoms with Crippen LogP contribution in [0.4, 0.5) is 0 Å². The molecule has 0 spiro atoms. The summed E-state index contributed by atoms with van der Waals surface area (Å²) in [5.41, 5.74) is -0.298. The molecule has 0 aromatic heterocycles. The van der Waals surface area contributed by atoms with E-state index in [1.54, 1.807) is 0 Å². The smallest absolute Gasteiger partial charge is 0.302 e. The summed E-state index contributed by atoms with van der Waals surface area (Å²) in [4.78, 5) is 41.1. The topological polar surface area (TPSA) is 91.3 Å². The molecular weight excluding hydrogens is 458 g/mol. The molecule has 7 heteroatoms. The van der Waals surface area contributed by atoms with Crippen LogP contribution in [-0.2, 0) is 23.9 Å². The number of esters is 2. The molecule has 7 nitrogen and oxygen atoms in total. The van der Waals surface area contributed by atoms with Crippen molar-refractivity contribution in [3.63, 3.8) is 0 Å². The molecule has 6 unspecified atom stereocenters. The van der Waals surface area contributed by atoms with E-state index >= 15 is 0 Å². The van der Waals surface area contributed by atoms with Crippen molar-refractivity contribution >= 4 is 11.9 Å². The van der Waals surface area contributed by atoms with Gasteiger partial charge >= 0.3 is 11.9 Å². The van der Waals surface area contributed by atoms with E-state index in [1.165, 1.54) is 13.8 Å². The summed E-state index contributed by atoms with van der Waals surface area (Å²) < 4.78 is 11.6. The van der Waals surface area contributed by atoms with Gasteiger partial charge in [-0.15, -0.1) is 4.91 Å². The summed E-state index contributed by atoms with van der Waals surface area (Å²) in [6, 6.07) is 0. The van der Waals surface area contributed by atoms with Crippen LogP contribution in [0.1, 0.15) is 107 Å². The Kier molecular flexibility index (Phi) is 7.05. The average Bonchev–Trinajstić information content (AvgIpc) is 2.75. The van der Waals surface area contributed by atoms with Gasteiger partial charge < -0.3 is 14.3 Å². The second-order valence-corrected chi connectivity index (χ2v) is 13.8. The van der Waals surface area contributed by atoms with Crippen LogP contribution in [0.5, 0.6) is 0 Å². The molecule has 4 saturated carbocycles. The van der Waals surface area contributed by atoms with Crippen molar-refractivity contribution in [3.05, 3.63) is 4.91 Å². The van der Waals surface area contributed by atoms with E-state index in [1.807, 2.05) is 6.92 Å². The van der Waals surface area contributed by atoms with Gasteiger partial charge in [0.25, 0.3) is 0 Å². The lowest BCUT2D eigenvalue weighted by atomic mass is 9.34. The maximum atomic E-state index is 11.9. The molecule has 4 aliphatic rings. The number of nitrogens with zero attached hydrogens (tertiary/aromatic N) is 1. The zero-order valence-electron chi connectivity index (χ0n) is 23.6. The molecule has 4 fully saturated rings. The van der Waals surface area contributed by atoms with Gasteiger partial charge in [0.05, 0.1) is 0 Å². The minimum Gasteiger partial charge on any atom is -0.463 e. The van der Waals surface area contributed by atoms with Gasteiger partial charge in [0.15, 0.2) is 5.34 Å².